The van der Waals surface area contributed by atoms with Gasteiger partial charge in [0.1, 0.15) is 0 Å². The number of allylic oxidation sites excluding steroid dienone is 1. The van der Waals surface area contributed by atoms with Crippen LogP contribution >= 0.6 is 0 Å². The molecular weight excluding hydrogens is 368 g/mol. The van der Waals surface area contributed by atoms with Gasteiger partial charge in [0.25, 0.3) is 0 Å². The monoisotopic (exact) mass is 410 g/mol. The Kier molecular flexibility index (Phi) is 9.03. The Morgan fingerprint density at radius 1 is 0.967 bits per heavy atom. The zero-order valence-corrected chi connectivity index (χ0v) is 19.5. The summed E-state index contributed by atoms with van der Waals surface area (Å²) in [6.45, 7) is 7.19. The molecule has 0 heterocycles. The smallest absolute Gasteiger partial charge is 0.333 e. The van der Waals surface area contributed by atoms with Crippen LogP contribution in [0.3, 0.4) is 0 Å². The maximum atomic E-state index is 12.3. The van der Waals surface area contributed by atoms with Crippen LogP contribution in [0.2, 0.25) is 0 Å². The summed E-state index contributed by atoms with van der Waals surface area (Å²) in [6, 6.07) is 9.45. The number of carbonyl (C=O) groups excluding carboxylic acids is 1. The molecule has 0 N–H and O–H groups in total. The van der Waals surface area contributed by atoms with Gasteiger partial charge in [-0.05, 0) is 86.2 Å². The normalized spacial score (nSPS) is 25.4. The molecule has 2 nitrogen and oxygen atoms in total. The van der Waals surface area contributed by atoms with Crippen molar-refractivity contribution < 1.29 is 9.53 Å². The molecule has 2 heteroatoms. The molecule has 166 valence electrons. The van der Waals surface area contributed by atoms with E-state index in [0.717, 1.165) is 49.5 Å². The largest absolute Gasteiger partial charge is 0.462 e. The highest BCUT2D eigenvalue weighted by atomic mass is 16.5. The van der Waals surface area contributed by atoms with Crippen molar-refractivity contribution in [2.24, 2.45) is 11.8 Å². The summed E-state index contributed by atoms with van der Waals surface area (Å²) in [5.74, 6) is 2.63. The second-order valence-electron chi connectivity index (χ2n) is 9.87. The highest BCUT2D eigenvalue weighted by Gasteiger charge is 2.24. The number of hydrogen-bond donors (Lipinski definition) is 0. The van der Waals surface area contributed by atoms with Gasteiger partial charge in [-0.3, -0.25) is 0 Å². The van der Waals surface area contributed by atoms with Gasteiger partial charge in [-0.2, -0.15) is 0 Å². The van der Waals surface area contributed by atoms with Gasteiger partial charge in [0.15, 0.2) is 0 Å². The predicted molar refractivity (Wildman–Crippen MR) is 126 cm³/mol. The quantitative estimate of drug-likeness (QED) is 0.386. The third-order valence-corrected chi connectivity index (χ3v) is 7.38. The fraction of sp³-hybridized carbons (Fsp3) is 0.679. The highest BCUT2D eigenvalue weighted by Crippen LogP contribution is 2.39. The van der Waals surface area contributed by atoms with E-state index in [9.17, 15) is 4.79 Å². The van der Waals surface area contributed by atoms with Gasteiger partial charge in [0.05, 0.1) is 6.61 Å². The Bertz CT molecular complexity index is 679. The fourth-order valence-corrected chi connectivity index (χ4v) is 5.44. The topological polar surface area (TPSA) is 26.3 Å². The van der Waals surface area contributed by atoms with E-state index in [0.29, 0.717) is 18.4 Å². The third-order valence-electron chi connectivity index (χ3n) is 7.38. The zero-order valence-electron chi connectivity index (χ0n) is 19.5. The molecule has 30 heavy (non-hydrogen) atoms. The first-order chi connectivity index (χ1) is 14.6. The van der Waals surface area contributed by atoms with E-state index in [1.54, 1.807) is 0 Å². The Morgan fingerprint density at radius 2 is 1.63 bits per heavy atom. The van der Waals surface area contributed by atoms with Crippen molar-refractivity contribution in [3.8, 4) is 0 Å². The van der Waals surface area contributed by atoms with Gasteiger partial charge < -0.3 is 4.74 Å². The summed E-state index contributed by atoms with van der Waals surface area (Å²) in [5, 5.41) is 0. The molecule has 0 bridgehead atoms. The van der Waals surface area contributed by atoms with Crippen LogP contribution in [0.15, 0.2) is 35.9 Å². The molecule has 0 radical (unpaired) electrons. The van der Waals surface area contributed by atoms with Crippen molar-refractivity contribution in [3.05, 3.63) is 47.0 Å². The van der Waals surface area contributed by atoms with Gasteiger partial charge in [-0.1, -0.05) is 70.4 Å². The maximum Gasteiger partial charge on any atom is 0.333 e. The van der Waals surface area contributed by atoms with Crippen LogP contribution in [0.5, 0.6) is 0 Å². The number of benzene rings is 1. The zero-order chi connectivity index (χ0) is 21.3. The third kappa shape index (κ3) is 6.46. The van der Waals surface area contributed by atoms with E-state index in [1.165, 1.54) is 49.7 Å². The van der Waals surface area contributed by atoms with Crippen molar-refractivity contribution in [3.63, 3.8) is 0 Å². The Hall–Kier alpha value is -1.57. The van der Waals surface area contributed by atoms with Crippen LogP contribution < -0.4 is 0 Å². The standard InChI is InChI=1S/C28H42O2/c1-4-6-21(3)20-30-28(29)27-18-16-26(17-19-27)25-14-12-24(13-15-25)23-10-8-22(7-5-2)9-11-23/h12-15,18,21-23,26H,4-11,16-17,19-20H2,1-3H3. The molecule has 3 rings (SSSR count). The summed E-state index contributed by atoms with van der Waals surface area (Å²) in [4.78, 5) is 12.3. The average molecular weight is 411 g/mol. The van der Waals surface area contributed by atoms with E-state index in [4.69, 9.17) is 4.74 Å². The van der Waals surface area contributed by atoms with Crippen LogP contribution in [0.1, 0.15) is 114 Å². The molecule has 0 amide bonds. The highest BCUT2D eigenvalue weighted by molar-refractivity contribution is 5.88. The molecule has 1 aromatic carbocycles. The first-order valence-electron chi connectivity index (χ1n) is 12.6. The first kappa shape index (κ1) is 23.1. The SMILES string of the molecule is CCCC(C)COC(=O)C1=CCC(c2ccc(C3CCC(CCC)CC3)cc2)CC1. The van der Waals surface area contributed by atoms with Crippen LogP contribution in [0, 0.1) is 11.8 Å². The summed E-state index contributed by atoms with van der Waals surface area (Å²) in [5.41, 5.74) is 3.85. The molecule has 0 aromatic heterocycles. The lowest BCUT2D eigenvalue weighted by molar-refractivity contribution is -0.140. The van der Waals surface area contributed by atoms with Gasteiger partial charge >= 0.3 is 5.97 Å². The second-order valence-corrected chi connectivity index (χ2v) is 9.87. The first-order valence-corrected chi connectivity index (χ1v) is 12.6. The minimum absolute atomic E-state index is 0.0922. The van der Waals surface area contributed by atoms with E-state index in [2.05, 4.69) is 51.1 Å². The summed E-state index contributed by atoms with van der Waals surface area (Å²) < 4.78 is 5.54. The lowest BCUT2D eigenvalue weighted by Crippen LogP contribution is -2.16. The molecular formula is C28H42O2. The van der Waals surface area contributed by atoms with E-state index in [1.807, 2.05) is 0 Å². The summed E-state index contributed by atoms with van der Waals surface area (Å²) in [6.07, 6.45) is 15.5. The predicted octanol–water partition coefficient (Wildman–Crippen LogP) is 7.93. The lowest BCUT2D eigenvalue weighted by Gasteiger charge is -2.29. The maximum absolute atomic E-state index is 12.3. The van der Waals surface area contributed by atoms with Crippen LogP contribution in [0.25, 0.3) is 0 Å². The fourth-order valence-electron chi connectivity index (χ4n) is 5.44. The summed E-state index contributed by atoms with van der Waals surface area (Å²) >= 11 is 0. The molecule has 2 aliphatic rings. The van der Waals surface area contributed by atoms with E-state index in [-0.39, 0.29) is 5.97 Å². The van der Waals surface area contributed by atoms with Crippen molar-refractivity contribution >= 4 is 5.97 Å². The average Bonchev–Trinajstić information content (AvgIpc) is 2.79. The van der Waals surface area contributed by atoms with E-state index >= 15 is 0 Å². The van der Waals surface area contributed by atoms with Crippen molar-refractivity contribution in [2.75, 3.05) is 6.61 Å². The van der Waals surface area contributed by atoms with Crippen LogP contribution in [0.4, 0.5) is 0 Å². The molecule has 0 aliphatic heterocycles. The van der Waals surface area contributed by atoms with Crippen LogP contribution in [-0.2, 0) is 9.53 Å². The summed E-state index contributed by atoms with van der Waals surface area (Å²) in [7, 11) is 0. The minimum Gasteiger partial charge on any atom is -0.462 e. The molecule has 0 saturated heterocycles. The molecule has 2 aliphatic carbocycles. The molecule has 1 saturated carbocycles. The van der Waals surface area contributed by atoms with Crippen LogP contribution in [-0.4, -0.2) is 12.6 Å². The molecule has 2 unspecified atom stereocenters. The van der Waals surface area contributed by atoms with Gasteiger partial charge in [-0.15, -0.1) is 0 Å². The van der Waals surface area contributed by atoms with E-state index < -0.39 is 0 Å². The number of hydrogen-bond acceptors (Lipinski definition) is 2. The molecule has 1 fully saturated rings. The van der Waals surface area contributed by atoms with Gasteiger partial charge in [-0.25, -0.2) is 4.79 Å². The van der Waals surface area contributed by atoms with Crippen molar-refractivity contribution in [2.45, 2.75) is 103 Å². The van der Waals surface area contributed by atoms with Gasteiger partial charge in [0.2, 0.25) is 0 Å². The molecule has 1 aromatic rings. The van der Waals surface area contributed by atoms with Crippen molar-refractivity contribution in [1.29, 1.82) is 0 Å². The second kappa shape index (κ2) is 11.7. The Balaban J connectivity index is 1.48. The number of rotatable bonds is 9. The number of ether oxygens (including phenoxy) is 1. The minimum atomic E-state index is -0.0922. The Morgan fingerprint density at radius 3 is 2.20 bits per heavy atom. The van der Waals surface area contributed by atoms with Crippen molar-refractivity contribution in [1.82, 2.24) is 0 Å². The molecule has 2 atom stereocenters. The lowest BCUT2D eigenvalue weighted by atomic mass is 9.76. The van der Waals surface area contributed by atoms with Gasteiger partial charge in [0, 0.05) is 5.57 Å². The Labute approximate surface area is 184 Å². The molecule has 0 spiro atoms. The number of carbonyl (C=O) groups is 1. The number of esters is 1.